The van der Waals surface area contributed by atoms with Gasteiger partial charge in [0.15, 0.2) is 0 Å². The van der Waals surface area contributed by atoms with E-state index in [9.17, 15) is 10.1 Å². The van der Waals surface area contributed by atoms with Crippen LogP contribution < -0.4 is 5.32 Å². The van der Waals surface area contributed by atoms with E-state index >= 15 is 0 Å². The topological polar surface area (TPSA) is 83.6 Å². The smallest absolute Gasteiger partial charge is 0.229 e. The van der Waals surface area contributed by atoms with E-state index in [1.54, 1.807) is 10.9 Å². The van der Waals surface area contributed by atoms with Crippen LogP contribution in [0.3, 0.4) is 0 Å². The molecule has 2 heterocycles. The third kappa shape index (κ3) is 2.38. The molecule has 0 aliphatic heterocycles. The highest BCUT2D eigenvalue weighted by Gasteiger charge is 2.75. The van der Waals surface area contributed by atoms with Crippen LogP contribution in [-0.4, -0.2) is 20.7 Å². The molecule has 2 aromatic heterocycles. The number of nitriles is 1. The van der Waals surface area contributed by atoms with E-state index in [-0.39, 0.29) is 28.6 Å². The minimum atomic E-state index is -0.311. The van der Waals surface area contributed by atoms with Gasteiger partial charge < -0.3 is 5.32 Å². The minimum Gasteiger partial charge on any atom is -0.310 e. The van der Waals surface area contributed by atoms with Crippen LogP contribution in [0, 0.1) is 28.6 Å². The number of hydrogen-bond donors (Lipinski definition) is 1. The number of pyridine rings is 1. The van der Waals surface area contributed by atoms with Gasteiger partial charge >= 0.3 is 0 Å². The van der Waals surface area contributed by atoms with Crippen molar-refractivity contribution in [2.24, 2.45) is 24.3 Å². The van der Waals surface area contributed by atoms with Gasteiger partial charge in [-0.2, -0.15) is 10.4 Å². The maximum atomic E-state index is 12.9. The number of nitrogens with zero attached hydrogens (tertiary/aromatic N) is 4. The van der Waals surface area contributed by atoms with Gasteiger partial charge in [0.05, 0.1) is 17.7 Å². The van der Waals surface area contributed by atoms with Gasteiger partial charge in [-0.25, -0.2) is 4.98 Å². The quantitative estimate of drug-likeness (QED) is 0.724. The highest BCUT2D eigenvalue weighted by Crippen LogP contribution is 2.78. The maximum Gasteiger partial charge on any atom is 0.229 e. The number of aromatic nitrogens is 3. The van der Waals surface area contributed by atoms with E-state index in [0.29, 0.717) is 11.7 Å². The molecule has 0 radical (unpaired) electrons. The maximum absolute atomic E-state index is 12.9. The van der Waals surface area contributed by atoms with Crippen LogP contribution in [0.4, 0.5) is 5.82 Å². The summed E-state index contributed by atoms with van der Waals surface area (Å²) in [6, 6.07) is 10.7. The molecule has 30 heavy (non-hydrogen) atoms. The van der Waals surface area contributed by atoms with E-state index in [4.69, 9.17) is 0 Å². The lowest BCUT2D eigenvalue weighted by Gasteiger charge is -2.11. The number of benzene rings is 1. The molecule has 3 saturated carbocycles. The summed E-state index contributed by atoms with van der Waals surface area (Å²) in [6.45, 7) is 2.10. The van der Waals surface area contributed by atoms with Crippen LogP contribution in [0.5, 0.6) is 0 Å². The summed E-state index contributed by atoms with van der Waals surface area (Å²) in [5.41, 5.74) is 2.14. The number of anilines is 1. The number of hydrogen-bond acceptors (Lipinski definition) is 4. The molecule has 0 saturated heterocycles. The standard InChI is InChI=1S/C24H23N5O/c1-14-20(17-10-27-29(2)11-17)21(14)22(30)28-19-8-16-7-18(4-3-15(16)9-26-19)24(13-25)12-23(24)5-6-23/h3-4,7-11,14,20-21H,5-6,12H2,1-2H3,(H,26,28,30)/t14-,20+,21-,24-/m1/s1. The Hall–Kier alpha value is -3.20. The Kier molecular flexibility index (Phi) is 3.35. The van der Waals surface area contributed by atoms with Crippen molar-refractivity contribution in [1.29, 1.82) is 5.26 Å². The first-order valence-electron chi connectivity index (χ1n) is 10.6. The zero-order valence-corrected chi connectivity index (χ0v) is 17.1. The van der Waals surface area contributed by atoms with Gasteiger partial charge in [-0.15, -0.1) is 0 Å². The predicted octanol–water partition coefficient (Wildman–Crippen LogP) is 3.90. The molecule has 1 spiro atoms. The second-order valence-corrected chi connectivity index (χ2v) is 9.45. The van der Waals surface area contributed by atoms with Gasteiger partial charge in [0, 0.05) is 36.7 Å². The van der Waals surface area contributed by atoms with Crippen molar-refractivity contribution in [3.8, 4) is 6.07 Å². The molecule has 0 bridgehead atoms. The van der Waals surface area contributed by atoms with Crippen LogP contribution in [0.15, 0.2) is 42.9 Å². The molecule has 3 aromatic rings. The van der Waals surface area contributed by atoms with Crippen molar-refractivity contribution < 1.29 is 4.79 Å². The molecule has 6 heteroatoms. The summed E-state index contributed by atoms with van der Waals surface area (Å²) in [4.78, 5) is 17.3. The number of rotatable bonds is 4. The van der Waals surface area contributed by atoms with Crippen molar-refractivity contribution in [2.75, 3.05) is 5.32 Å². The molecule has 4 atom stereocenters. The molecule has 3 aliphatic rings. The number of carbonyl (C=O) groups is 1. The average Bonchev–Trinajstić information content (AvgIpc) is 3.69. The lowest BCUT2D eigenvalue weighted by atomic mass is 9.92. The fourth-order valence-electron chi connectivity index (χ4n) is 5.52. The van der Waals surface area contributed by atoms with Crippen LogP contribution in [0.25, 0.3) is 10.8 Å². The van der Waals surface area contributed by atoms with Crippen LogP contribution in [0.1, 0.15) is 43.2 Å². The van der Waals surface area contributed by atoms with Crippen molar-refractivity contribution in [3.63, 3.8) is 0 Å². The van der Waals surface area contributed by atoms with Crippen LogP contribution in [-0.2, 0) is 17.3 Å². The number of amides is 1. The molecular formula is C24H23N5O. The summed E-state index contributed by atoms with van der Waals surface area (Å²) in [7, 11) is 1.89. The van der Waals surface area contributed by atoms with E-state index in [2.05, 4.69) is 40.5 Å². The Labute approximate surface area is 174 Å². The van der Waals surface area contributed by atoms with E-state index in [0.717, 1.165) is 41.2 Å². The highest BCUT2D eigenvalue weighted by atomic mass is 16.2. The summed E-state index contributed by atoms with van der Waals surface area (Å²) >= 11 is 0. The molecule has 1 N–H and O–H groups in total. The third-order valence-electron chi connectivity index (χ3n) is 7.69. The Bertz CT molecular complexity index is 1250. The van der Waals surface area contributed by atoms with Crippen molar-refractivity contribution >= 4 is 22.5 Å². The number of nitrogens with one attached hydrogen (secondary N) is 1. The largest absolute Gasteiger partial charge is 0.310 e. The summed E-state index contributed by atoms with van der Waals surface area (Å²) in [5.74, 6) is 1.02. The lowest BCUT2D eigenvalue weighted by Crippen LogP contribution is -2.16. The fraction of sp³-hybridized carbons (Fsp3) is 0.417. The summed E-state index contributed by atoms with van der Waals surface area (Å²) < 4.78 is 1.78. The van der Waals surface area contributed by atoms with Gasteiger partial charge in [-0.3, -0.25) is 9.48 Å². The number of aryl methyl sites for hydroxylation is 1. The van der Waals surface area contributed by atoms with Gasteiger partial charge in [0.1, 0.15) is 5.82 Å². The first kappa shape index (κ1) is 17.6. The molecule has 1 amide bonds. The van der Waals surface area contributed by atoms with Crippen molar-refractivity contribution in [3.05, 3.63) is 54.0 Å². The molecule has 150 valence electrons. The van der Waals surface area contributed by atoms with Crippen LogP contribution in [0.2, 0.25) is 0 Å². The fourth-order valence-corrected chi connectivity index (χ4v) is 5.52. The molecule has 0 unspecified atom stereocenters. The monoisotopic (exact) mass is 397 g/mol. The number of fused-ring (bicyclic) bond motifs is 1. The highest BCUT2D eigenvalue weighted by molar-refractivity contribution is 5.96. The molecule has 3 fully saturated rings. The predicted molar refractivity (Wildman–Crippen MR) is 113 cm³/mol. The van der Waals surface area contributed by atoms with Crippen molar-refractivity contribution in [2.45, 2.75) is 37.5 Å². The summed E-state index contributed by atoms with van der Waals surface area (Å²) in [5, 5.41) is 19.1. The zero-order valence-electron chi connectivity index (χ0n) is 17.1. The molecule has 1 aromatic carbocycles. The molecule has 6 nitrogen and oxygen atoms in total. The summed E-state index contributed by atoms with van der Waals surface area (Å²) in [6.07, 6.45) is 8.93. The first-order chi connectivity index (χ1) is 14.5. The second-order valence-electron chi connectivity index (χ2n) is 9.45. The molecular weight excluding hydrogens is 374 g/mol. The van der Waals surface area contributed by atoms with Gasteiger partial charge in [-0.05, 0) is 59.2 Å². The van der Waals surface area contributed by atoms with E-state index in [1.807, 2.05) is 31.6 Å². The third-order valence-corrected chi connectivity index (χ3v) is 7.69. The zero-order chi connectivity index (χ0) is 20.7. The Morgan fingerprint density at radius 2 is 2.10 bits per heavy atom. The SMILES string of the molecule is C[C@H]1[C@@H](C(=O)Nc2cc3cc([C@]4(C#N)CC45CC5)ccc3cn2)[C@@H]1c1cnn(C)c1. The van der Waals surface area contributed by atoms with Gasteiger partial charge in [-0.1, -0.05) is 19.1 Å². The van der Waals surface area contributed by atoms with Gasteiger partial charge in [0.2, 0.25) is 5.91 Å². The van der Waals surface area contributed by atoms with Gasteiger partial charge in [0.25, 0.3) is 0 Å². The lowest BCUT2D eigenvalue weighted by molar-refractivity contribution is -0.117. The molecule has 6 rings (SSSR count). The van der Waals surface area contributed by atoms with Crippen molar-refractivity contribution in [1.82, 2.24) is 14.8 Å². The number of carbonyl (C=O) groups excluding carboxylic acids is 1. The first-order valence-corrected chi connectivity index (χ1v) is 10.6. The van der Waals surface area contributed by atoms with E-state index in [1.165, 1.54) is 0 Å². The van der Waals surface area contributed by atoms with Crippen LogP contribution >= 0.6 is 0 Å². The average molecular weight is 397 g/mol. The Morgan fingerprint density at radius 3 is 2.77 bits per heavy atom. The Balaban J connectivity index is 1.24. The second kappa shape index (κ2) is 5.69. The normalized spacial score (nSPS) is 30.1. The molecule has 3 aliphatic carbocycles. The van der Waals surface area contributed by atoms with E-state index < -0.39 is 0 Å². The Morgan fingerprint density at radius 1 is 1.27 bits per heavy atom. The minimum absolute atomic E-state index is 0.00646.